The lowest BCUT2D eigenvalue weighted by molar-refractivity contribution is -0.105. The number of carbonyl (C=O) groups excluding carboxylic acids is 1. The quantitative estimate of drug-likeness (QED) is 0.275. The summed E-state index contributed by atoms with van der Waals surface area (Å²) in [5, 5.41) is 0. The van der Waals surface area contributed by atoms with E-state index >= 15 is 0 Å². The first kappa shape index (κ1) is 19.6. The molecule has 0 saturated heterocycles. The smallest absolute Gasteiger partial charge is 0.146 e. The zero-order chi connectivity index (χ0) is 16.3. The van der Waals surface area contributed by atoms with Crippen LogP contribution in [0.4, 0.5) is 0 Å². The number of aldehydes is 1. The van der Waals surface area contributed by atoms with Gasteiger partial charge in [-0.1, -0.05) is 40.5 Å². The third kappa shape index (κ3) is 11.0. The van der Waals surface area contributed by atoms with Gasteiger partial charge >= 0.3 is 0 Å². The van der Waals surface area contributed by atoms with E-state index in [1.165, 1.54) is 22.3 Å². The molecular formula is C20H32O. The average molecular weight is 288 g/mol. The zero-order valence-corrected chi connectivity index (χ0v) is 14.8. The predicted octanol–water partition coefficient (Wildman–Crippen LogP) is 6.33. The first-order valence-corrected chi connectivity index (χ1v) is 7.93. The molecule has 0 aliphatic rings. The van der Waals surface area contributed by atoms with E-state index in [0.717, 1.165) is 44.0 Å². The van der Waals surface area contributed by atoms with Gasteiger partial charge in [-0.3, -0.25) is 4.79 Å². The van der Waals surface area contributed by atoms with Crippen molar-refractivity contribution >= 4 is 6.29 Å². The maximum atomic E-state index is 11.2. The minimum Gasteiger partial charge on any atom is -0.298 e. The van der Waals surface area contributed by atoms with E-state index < -0.39 is 0 Å². The number of hydrogen-bond donors (Lipinski definition) is 0. The summed E-state index contributed by atoms with van der Waals surface area (Å²) in [6, 6.07) is 0. The van der Waals surface area contributed by atoms with Gasteiger partial charge in [0.15, 0.2) is 0 Å². The summed E-state index contributed by atoms with van der Waals surface area (Å²) in [6.07, 6.45) is 12.7. The van der Waals surface area contributed by atoms with Gasteiger partial charge in [-0.15, -0.1) is 0 Å². The standard InChI is InChI=1S/C20H32O/c1-16(2)9-7-11-18(5)13-14-20(15-21)19(6)12-8-10-17(3)4/h9-10,13,15H,7-8,11-12,14H2,1-6H3. The maximum absolute atomic E-state index is 11.2. The van der Waals surface area contributed by atoms with Crippen molar-refractivity contribution in [3.63, 3.8) is 0 Å². The van der Waals surface area contributed by atoms with E-state index in [-0.39, 0.29) is 0 Å². The molecule has 0 aromatic rings. The number of allylic oxidation sites excluding steroid dienone is 8. The van der Waals surface area contributed by atoms with Crippen LogP contribution >= 0.6 is 0 Å². The van der Waals surface area contributed by atoms with E-state index in [1.807, 2.05) is 0 Å². The van der Waals surface area contributed by atoms with Gasteiger partial charge in [0.1, 0.15) is 6.29 Å². The van der Waals surface area contributed by atoms with Crippen LogP contribution in [-0.4, -0.2) is 6.29 Å². The van der Waals surface area contributed by atoms with Gasteiger partial charge in [0.25, 0.3) is 0 Å². The Balaban J connectivity index is 4.50. The molecule has 0 spiro atoms. The normalized spacial score (nSPS) is 12.6. The van der Waals surface area contributed by atoms with Crippen LogP contribution in [0.15, 0.2) is 46.1 Å². The van der Waals surface area contributed by atoms with E-state index in [9.17, 15) is 4.79 Å². The molecule has 1 heteroatoms. The highest BCUT2D eigenvalue weighted by Gasteiger charge is 2.00. The van der Waals surface area contributed by atoms with Crippen LogP contribution in [0.3, 0.4) is 0 Å². The molecule has 0 aliphatic heterocycles. The van der Waals surface area contributed by atoms with E-state index in [1.54, 1.807) is 0 Å². The summed E-state index contributed by atoms with van der Waals surface area (Å²) in [5.74, 6) is 0. The highest BCUT2D eigenvalue weighted by Crippen LogP contribution is 2.16. The lowest BCUT2D eigenvalue weighted by Crippen LogP contribution is -1.91. The lowest BCUT2D eigenvalue weighted by atomic mass is 10.0. The Morgan fingerprint density at radius 1 is 0.762 bits per heavy atom. The summed E-state index contributed by atoms with van der Waals surface area (Å²) < 4.78 is 0. The van der Waals surface area contributed by atoms with Crippen LogP contribution in [0.5, 0.6) is 0 Å². The highest BCUT2D eigenvalue weighted by atomic mass is 16.1. The molecule has 0 unspecified atom stereocenters. The molecule has 21 heavy (non-hydrogen) atoms. The Kier molecular flexibility index (Phi) is 10.6. The summed E-state index contributed by atoms with van der Waals surface area (Å²) >= 11 is 0. The van der Waals surface area contributed by atoms with Crippen LogP contribution in [0.1, 0.15) is 73.6 Å². The predicted molar refractivity (Wildman–Crippen MR) is 94.5 cm³/mol. The van der Waals surface area contributed by atoms with Gasteiger partial charge in [-0.05, 0) is 79.2 Å². The fourth-order valence-corrected chi connectivity index (χ4v) is 2.04. The molecule has 0 aromatic heterocycles. The Morgan fingerprint density at radius 3 is 1.76 bits per heavy atom. The summed E-state index contributed by atoms with van der Waals surface area (Å²) in [4.78, 5) is 11.2. The van der Waals surface area contributed by atoms with E-state index in [2.05, 4.69) is 59.8 Å². The Labute approximate surface area is 131 Å². The molecule has 0 fully saturated rings. The molecule has 118 valence electrons. The molecule has 0 N–H and O–H groups in total. The topological polar surface area (TPSA) is 17.1 Å². The zero-order valence-electron chi connectivity index (χ0n) is 14.8. The van der Waals surface area contributed by atoms with Crippen molar-refractivity contribution in [2.45, 2.75) is 73.6 Å². The van der Waals surface area contributed by atoms with Crippen molar-refractivity contribution < 1.29 is 4.79 Å². The van der Waals surface area contributed by atoms with Crippen LogP contribution in [0.2, 0.25) is 0 Å². The SMILES string of the molecule is CC(C)=CCCC(C)=CCC(C=O)=C(C)CCC=C(C)C. The fourth-order valence-electron chi connectivity index (χ4n) is 2.04. The van der Waals surface area contributed by atoms with Crippen LogP contribution in [-0.2, 0) is 4.79 Å². The van der Waals surface area contributed by atoms with Gasteiger partial charge in [0, 0.05) is 0 Å². The second-order valence-electron chi connectivity index (χ2n) is 6.32. The minimum absolute atomic E-state index is 0.769. The van der Waals surface area contributed by atoms with Gasteiger partial charge in [-0.25, -0.2) is 0 Å². The molecule has 1 nitrogen and oxygen atoms in total. The van der Waals surface area contributed by atoms with Gasteiger partial charge < -0.3 is 0 Å². The largest absolute Gasteiger partial charge is 0.298 e. The molecule has 0 radical (unpaired) electrons. The Hall–Kier alpha value is -1.37. The molecule has 0 atom stereocenters. The average Bonchev–Trinajstić information content (AvgIpc) is 2.38. The first-order chi connectivity index (χ1) is 9.86. The molecular weight excluding hydrogens is 256 g/mol. The molecule has 0 amide bonds. The van der Waals surface area contributed by atoms with Crippen molar-refractivity contribution in [1.29, 1.82) is 0 Å². The van der Waals surface area contributed by atoms with Crippen molar-refractivity contribution in [2.75, 3.05) is 0 Å². The second kappa shape index (κ2) is 11.3. The highest BCUT2D eigenvalue weighted by molar-refractivity contribution is 5.74. The molecule has 0 aromatic carbocycles. The first-order valence-electron chi connectivity index (χ1n) is 7.93. The molecule has 0 heterocycles. The Morgan fingerprint density at radius 2 is 1.29 bits per heavy atom. The minimum atomic E-state index is 0.769. The van der Waals surface area contributed by atoms with Crippen molar-refractivity contribution in [2.24, 2.45) is 0 Å². The Bertz CT molecular complexity index is 436. The van der Waals surface area contributed by atoms with Crippen LogP contribution < -0.4 is 0 Å². The lowest BCUT2D eigenvalue weighted by Gasteiger charge is -2.05. The second-order valence-corrected chi connectivity index (χ2v) is 6.32. The molecule has 0 bridgehead atoms. The number of rotatable bonds is 9. The summed E-state index contributed by atoms with van der Waals surface area (Å²) in [5.41, 5.74) is 6.23. The van der Waals surface area contributed by atoms with Crippen LogP contribution in [0.25, 0.3) is 0 Å². The number of carbonyl (C=O) groups is 1. The molecule has 0 aliphatic carbocycles. The van der Waals surface area contributed by atoms with Crippen molar-refractivity contribution in [1.82, 2.24) is 0 Å². The van der Waals surface area contributed by atoms with E-state index in [4.69, 9.17) is 0 Å². The summed E-state index contributed by atoms with van der Waals surface area (Å²) in [7, 11) is 0. The van der Waals surface area contributed by atoms with Gasteiger partial charge in [0.05, 0.1) is 0 Å². The van der Waals surface area contributed by atoms with Crippen molar-refractivity contribution in [3.8, 4) is 0 Å². The van der Waals surface area contributed by atoms with Crippen molar-refractivity contribution in [3.05, 3.63) is 46.1 Å². The number of hydrogen-bond acceptors (Lipinski definition) is 1. The fraction of sp³-hybridized carbons (Fsp3) is 0.550. The summed E-state index contributed by atoms with van der Waals surface area (Å²) in [6.45, 7) is 12.7. The van der Waals surface area contributed by atoms with E-state index in [0.29, 0.717) is 0 Å². The third-order valence-electron chi connectivity index (χ3n) is 3.52. The molecule has 0 saturated carbocycles. The van der Waals surface area contributed by atoms with Gasteiger partial charge in [0.2, 0.25) is 0 Å². The monoisotopic (exact) mass is 288 g/mol. The van der Waals surface area contributed by atoms with Gasteiger partial charge in [-0.2, -0.15) is 0 Å². The maximum Gasteiger partial charge on any atom is 0.146 e. The molecule has 0 rings (SSSR count). The van der Waals surface area contributed by atoms with Crippen LogP contribution in [0, 0.1) is 0 Å². The third-order valence-corrected chi connectivity index (χ3v) is 3.52.